The number of nitrogens with two attached hydrogens (primary N) is 1. The first kappa shape index (κ1) is 20.5. The van der Waals surface area contributed by atoms with Gasteiger partial charge in [0.05, 0.1) is 23.3 Å². The van der Waals surface area contributed by atoms with E-state index >= 15 is 0 Å². The summed E-state index contributed by atoms with van der Waals surface area (Å²) < 4.78 is 45.7. The van der Waals surface area contributed by atoms with Gasteiger partial charge in [-0.3, -0.25) is 14.8 Å². The van der Waals surface area contributed by atoms with Crippen LogP contribution in [-0.4, -0.2) is 41.6 Å². The SMILES string of the molecule is CN=C(C1=C(N)CN(C(=O)c2cccc3oc(=O)[nH]c23)CC1)c1cc(F)c(F)c(F)c1. The average molecular weight is 430 g/mol. The normalized spacial score (nSPS) is 15.1. The van der Waals surface area contributed by atoms with Crippen LogP contribution in [-0.2, 0) is 0 Å². The van der Waals surface area contributed by atoms with Crippen LogP contribution in [0.2, 0.25) is 0 Å². The molecule has 160 valence electrons. The molecule has 0 saturated carbocycles. The van der Waals surface area contributed by atoms with E-state index in [9.17, 15) is 22.8 Å². The number of carbonyl (C=O) groups excluding carboxylic acids is 1. The van der Waals surface area contributed by atoms with Gasteiger partial charge in [0.15, 0.2) is 23.0 Å². The number of amides is 1. The molecule has 1 aliphatic rings. The summed E-state index contributed by atoms with van der Waals surface area (Å²) in [7, 11) is 1.43. The van der Waals surface area contributed by atoms with Gasteiger partial charge in [0, 0.05) is 30.4 Å². The van der Waals surface area contributed by atoms with E-state index in [2.05, 4.69) is 9.98 Å². The second kappa shape index (κ2) is 7.78. The zero-order chi connectivity index (χ0) is 22.3. The summed E-state index contributed by atoms with van der Waals surface area (Å²) in [5.74, 6) is -5.25. The number of hydrogen-bond donors (Lipinski definition) is 2. The Kier molecular flexibility index (Phi) is 5.14. The highest BCUT2D eigenvalue weighted by Crippen LogP contribution is 2.25. The zero-order valence-corrected chi connectivity index (χ0v) is 16.3. The standard InChI is InChI=1S/C21H17F3N4O3/c1-26-18(10-7-13(22)17(24)14(23)8-10)11-5-6-28(9-15(11)25)20(29)12-3-2-4-16-19(12)27-21(30)31-16/h2-4,7-8H,5-6,9,25H2,1H3,(H,27,30). The zero-order valence-electron chi connectivity index (χ0n) is 16.3. The van der Waals surface area contributed by atoms with Crippen LogP contribution in [0, 0.1) is 17.5 Å². The second-order valence-corrected chi connectivity index (χ2v) is 7.00. The lowest BCUT2D eigenvalue weighted by atomic mass is 9.94. The molecular weight excluding hydrogens is 413 g/mol. The molecule has 1 aliphatic heterocycles. The number of hydrogen-bond acceptors (Lipinski definition) is 5. The molecular formula is C21H17F3N4O3. The molecule has 0 fully saturated rings. The minimum absolute atomic E-state index is 0.0395. The molecule has 2 heterocycles. The molecule has 3 aromatic rings. The van der Waals surface area contributed by atoms with Gasteiger partial charge < -0.3 is 15.1 Å². The maximum absolute atomic E-state index is 13.7. The first-order chi connectivity index (χ1) is 14.8. The number of carbonyl (C=O) groups is 1. The van der Waals surface area contributed by atoms with Crippen molar-refractivity contribution in [2.45, 2.75) is 6.42 Å². The molecule has 3 N–H and O–H groups in total. The number of H-pyrrole nitrogens is 1. The quantitative estimate of drug-likeness (QED) is 0.492. The average Bonchev–Trinajstić information content (AvgIpc) is 3.13. The number of nitrogens with zero attached hydrogens (tertiary/aromatic N) is 2. The third kappa shape index (κ3) is 3.60. The van der Waals surface area contributed by atoms with Crippen molar-refractivity contribution in [1.82, 2.24) is 9.88 Å². The fraction of sp³-hybridized carbons (Fsp3) is 0.190. The molecule has 1 amide bonds. The van der Waals surface area contributed by atoms with E-state index in [-0.39, 0.29) is 47.8 Å². The van der Waals surface area contributed by atoms with E-state index < -0.39 is 23.2 Å². The molecule has 2 aromatic carbocycles. The summed E-state index contributed by atoms with van der Waals surface area (Å²) in [6.07, 6.45) is 0.267. The number of para-hydroxylation sites is 1. The summed E-state index contributed by atoms with van der Waals surface area (Å²) in [6.45, 7) is 0.288. The van der Waals surface area contributed by atoms with E-state index in [4.69, 9.17) is 10.2 Å². The maximum Gasteiger partial charge on any atom is 0.417 e. The van der Waals surface area contributed by atoms with E-state index in [0.29, 0.717) is 16.8 Å². The number of aromatic amines is 1. The van der Waals surface area contributed by atoms with Crippen molar-refractivity contribution in [1.29, 1.82) is 0 Å². The van der Waals surface area contributed by atoms with E-state index in [1.165, 1.54) is 11.9 Å². The summed E-state index contributed by atoms with van der Waals surface area (Å²) >= 11 is 0. The lowest BCUT2D eigenvalue weighted by Gasteiger charge is -2.30. The van der Waals surface area contributed by atoms with Crippen molar-refractivity contribution in [2.24, 2.45) is 10.7 Å². The summed E-state index contributed by atoms with van der Waals surface area (Å²) in [5, 5.41) is 0. The predicted molar refractivity (Wildman–Crippen MR) is 107 cm³/mol. The van der Waals surface area contributed by atoms with Crippen LogP contribution >= 0.6 is 0 Å². The lowest BCUT2D eigenvalue weighted by molar-refractivity contribution is 0.0766. The Hall–Kier alpha value is -3.82. The summed E-state index contributed by atoms with van der Waals surface area (Å²) in [6, 6.07) is 6.44. The third-order valence-electron chi connectivity index (χ3n) is 5.12. The minimum atomic E-state index is -1.56. The highest BCUT2D eigenvalue weighted by Gasteiger charge is 2.27. The monoisotopic (exact) mass is 430 g/mol. The number of aliphatic imine (C=N–C) groups is 1. The topological polar surface area (TPSA) is 105 Å². The number of rotatable bonds is 3. The second-order valence-electron chi connectivity index (χ2n) is 7.00. The van der Waals surface area contributed by atoms with Crippen molar-refractivity contribution in [3.63, 3.8) is 0 Å². The van der Waals surface area contributed by atoms with E-state index in [1.807, 2.05) is 0 Å². The molecule has 4 rings (SSSR count). The molecule has 7 nitrogen and oxygen atoms in total. The lowest BCUT2D eigenvalue weighted by Crippen LogP contribution is -2.40. The van der Waals surface area contributed by atoms with Crippen molar-refractivity contribution in [3.8, 4) is 0 Å². The van der Waals surface area contributed by atoms with Crippen LogP contribution in [0.25, 0.3) is 11.1 Å². The largest absolute Gasteiger partial charge is 0.417 e. The van der Waals surface area contributed by atoms with Crippen molar-refractivity contribution in [2.75, 3.05) is 20.1 Å². The Balaban J connectivity index is 1.64. The first-order valence-electron chi connectivity index (χ1n) is 9.30. The van der Waals surface area contributed by atoms with Crippen LogP contribution < -0.4 is 11.5 Å². The molecule has 31 heavy (non-hydrogen) atoms. The minimum Gasteiger partial charge on any atom is -0.408 e. The fourth-order valence-corrected chi connectivity index (χ4v) is 3.68. The number of oxazole rings is 1. The van der Waals surface area contributed by atoms with Gasteiger partial charge in [-0.2, -0.15) is 0 Å². The van der Waals surface area contributed by atoms with Crippen LogP contribution in [0.1, 0.15) is 22.3 Å². The van der Waals surface area contributed by atoms with E-state index in [1.54, 1.807) is 18.2 Å². The van der Waals surface area contributed by atoms with Crippen LogP contribution in [0.4, 0.5) is 13.2 Å². The number of nitrogens with one attached hydrogen (secondary N) is 1. The molecule has 10 heteroatoms. The summed E-state index contributed by atoms with van der Waals surface area (Å²) in [5.41, 5.74) is 8.09. The van der Waals surface area contributed by atoms with Crippen molar-refractivity contribution in [3.05, 3.63) is 80.7 Å². The molecule has 0 bridgehead atoms. The van der Waals surface area contributed by atoms with Gasteiger partial charge in [-0.05, 0) is 30.7 Å². The Morgan fingerprint density at radius 2 is 1.94 bits per heavy atom. The van der Waals surface area contributed by atoms with Crippen LogP contribution in [0.3, 0.4) is 0 Å². The Labute approximate surface area is 173 Å². The number of benzene rings is 2. The Morgan fingerprint density at radius 1 is 1.23 bits per heavy atom. The highest BCUT2D eigenvalue weighted by atomic mass is 19.2. The van der Waals surface area contributed by atoms with Crippen LogP contribution in [0.15, 0.2) is 55.8 Å². The van der Waals surface area contributed by atoms with Gasteiger partial charge in [-0.1, -0.05) is 6.07 Å². The third-order valence-corrected chi connectivity index (χ3v) is 5.12. The molecule has 0 atom stereocenters. The molecule has 1 aromatic heterocycles. The Morgan fingerprint density at radius 3 is 2.58 bits per heavy atom. The smallest absolute Gasteiger partial charge is 0.408 e. The molecule has 0 aliphatic carbocycles. The number of fused-ring (bicyclic) bond motifs is 1. The number of halogens is 3. The summed E-state index contributed by atoms with van der Waals surface area (Å²) in [4.78, 5) is 32.6. The Bertz CT molecular complexity index is 1300. The highest BCUT2D eigenvalue weighted by molar-refractivity contribution is 6.13. The molecule has 0 saturated heterocycles. The van der Waals surface area contributed by atoms with Crippen molar-refractivity contribution < 1.29 is 22.4 Å². The fourth-order valence-electron chi connectivity index (χ4n) is 3.68. The van der Waals surface area contributed by atoms with Gasteiger partial charge >= 0.3 is 5.76 Å². The van der Waals surface area contributed by atoms with Gasteiger partial charge in [0.25, 0.3) is 5.91 Å². The van der Waals surface area contributed by atoms with Gasteiger partial charge in [0.2, 0.25) is 0 Å². The molecule has 0 spiro atoms. The maximum atomic E-state index is 13.7. The predicted octanol–water partition coefficient (Wildman–Crippen LogP) is 2.72. The van der Waals surface area contributed by atoms with Gasteiger partial charge in [-0.25, -0.2) is 18.0 Å². The molecule has 0 radical (unpaired) electrons. The molecule has 0 unspecified atom stereocenters. The van der Waals surface area contributed by atoms with Crippen molar-refractivity contribution >= 4 is 22.7 Å². The van der Waals surface area contributed by atoms with Gasteiger partial charge in [-0.15, -0.1) is 0 Å². The number of aromatic nitrogens is 1. The first-order valence-corrected chi connectivity index (χ1v) is 9.30. The van der Waals surface area contributed by atoms with E-state index in [0.717, 1.165) is 12.1 Å². The van der Waals surface area contributed by atoms with Gasteiger partial charge in [0.1, 0.15) is 0 Å². The van der Waals surface area contributed by atoms with Crippen LogP contribution in [0.5, 0.6) is 0 Å².